The van der Waals surface area contributed by atoms with Crippen molar-refractivity contribution in [3.8, 4) is 0 Å². The molecule has 0 aliphatic carbocycles. The lowest BCUT2D eigenvalue weighted by atomic mass is 10.1. The second-order valence-electron chi connectivity index (χ2n) is 9.63. The Bertz CT molecular complexity index is 837. The number of hydrogen-bond acceptors (Lipinski definition) is 7. The summed E-state index contributed by atoms with van der Waals surface area (Å²) < 4.78 is 49.8. The van der Waals surface area contributed by atoms with Crippen molar-refractivity contribution >= 4 is 9.84 Å². The first-order chi connectivity index (χ1) is 15.7. The van der Waals surface area contributed by atoms with Gasteiger partial charge in [-0.3, -0.25) is 0 Å². The van der Waals surface area contributed by atoms with Gasteiger partial charge in [-0.2, -0.15) is 0 Å². The molecule has 5 atom stereocenters. The van der Waals surface area contributed by atoms with Gasteiger partial charge < -0.3 is 24.1 Å². The van der Waals surface area contributed by atoms with Crippen molar-refractivity contribution in [1.82, 2.24) is 0 Å². The Labute approximate surface area is 198 Å². The first kappa shape index (κ1) is 26.6. The standard InChI is InChI=1S/C25H40O7S/c1-5-6-7-8-9-10-11-12-17-29-20-21(30-24-22(20)31-25(3,4)32-24)23(26)33(27,28)19-15-13-18(2)14-16-19/h13-16,20-24,26H,5-12,17H2,1-4H3/t20-,21-,22+,23?,24+/m0/s1. The summed E-state index contributed by atoms with van der Waals surface area (Å²) in [6.07, 6.45) is 6.16. The Kier molecular flexibility index (Phi) is 9.34. The van der Waals surface area contributed by atoms with Gasteiger partial charge in [0.05, 0.1) is 4.90 Å². The zero-order chi connectivity index (χ0) is 24.1. The molecule has 0 radical (unpaired) electrons. The molecule has 2 saturated heterocycles. The average molecular weight is 485 g/mol. The molecule has 0 saturated carbocycles. The Morgan fingerprint density at radius 1 is 1.00 bits per heavy atom. The molecule has 0 amide bonds. The van der Waals surface area contributed by atoms with Crippen molar-refractivity contribution in [3.05, 3.63) is 29.8 Å². The number of unbranched alkanes of at least 4 members (excludes halogenated alkanes) is 7. The van der Waals surface area contributed by atoms with Gasteiger partial charge in [-0.15, -0.1) is 0 Å². The zero-order valence-electron chi connectivity index (χ0n) is 20.4. The average Bonchev–Trinajstić information content (AvgIpc) is 3.24. The summed E-state index contributed by atoms with van der Waals surface area (Å²) in [7, 11) is -4.04. The molecule has 3 rings (SSSR count). The summed E-state index contributed by atoms with van der Waals surface area (Å²) in [4.78, 5) is 0.0465. The number of sulfone groups is 1. The van der Waals surface area contributed by atoms with Crippen LogP contribution in [-0.2, 0) is 28.8 Å². The number of benzene rings is 1. The van der Waals surface area contributed by atoms with Crippen LogP contribution >= 0.6 is 0 Å². The fourth-order valence-electron chi connectivity index (χ4n) is 4.42. The molecule has 188 valence electrons. The molecule has 0 spiro atoms. The van der Waals surface area contributed by atoms with Crippen LogP contribution in [0.25, 0.3) is 0 Å². The van der Waals surface area contributed by atoms with E-state index in [0.717, 1.165) is 24.8 Å². The smallest absolute Gasteiger partial charge is 0.207 e. The van der Waals surface area contributed by atoms with Gasteiger partial charge in [0.1, 0.15) is 18.3 Å². The van der Waals surface area contributed by atoms with Crippen molar-refractivity contribution in [3.63, 3.8) is 0 Å². The van der Waals surface area contributed by atoms with Crippen LogP contribution in [-0.4, -0.2) is 56.0 Å². The summed E-state index contributed by atoms with van der Waals surface area (Å²) in [5.41, 5.74) is -0.852. The minimum absolute atomic E-state index is 0.0465. The van der Waals surface area contributed by atoms with Crippen molar-refractivity contribution < 1.29 is 32.5 Å². The monoisotopic (exact) mass is 484 g/mol. The minimum Gasteiger partial charge on any atom is -0.375 e. The van der Waals surface area contributed by atoms with E-state index in [1.54, 1.807) is 26.0 Å². The second kappa shape index (κ2) is 11.6. The molecule has 2 fully saturated rings. The molecule has 1 aromatic rings. The Balaban J connectivity index is 1.60. The quantitative estimate of drug-likeness (QED) is 0.413. The van der Waals surface area contributed by atoms with E-state index in [-0.39, 0.29) is 4.90 Å². The van der Waals surface area contributed by atoms with Gasteiger partial charge in [-0.05, 0) is 39.3 Å². The van der Waals surface area contributed by atoms with E-state index in [4.69, 9.17) is 18.9 Å². The van der Waals surface area contributed by atoms with Crippen LogP contribution in [0.4, 0.5) is 0 Å². The summed E-state index contributed by atoms with van der Waals surface area (Å²) in [5.74, 6) is -0.860. The number of aliphatic hydroxyl groups excluding tert-OH is 1. The van der Waals surface area contributed by atoms with Gasteiger partial charge in [-0.1, -0.05) is 69.6 Å². The first-order valence-corrected chi connectivity index (χ1v) is 13.8. The topological polar surface area (TPSA) is 91.3 Å². The van der Waals surface area contributed by atoms with Crippen molar-refractivity contribution in [1.29, 1.82) is 0 Å². The van der Waals surface area contributed by atoms with Crippen LogP contribution in [0, 0.1) is 6.92 Å². The lowest BCUT2D eigenvalue weighted by Gasteiger charge is -2.28. The summed E-state index contributed by atoms with van der Waals surface area (Å²) >= 11 is 0. The van der Waals surface area contributed by atoms with E-state index < -0.39 is 45.7 Å². The van der Waals surface area contributed by atoms with E-state index in [2.05, 4.69) is 6.92 Å². The highest BCUT2D eigenvalue weighted by molar-refractivity contribution is 7.92. The minimum atomic E-state index is -4.04. The third-order valence-electron chi connectivity index (χ3n) is 6.28. The maximum atomic E-state index is 13.1. The van der Waals surface area contributed by atoms with E-state index in [1.807, 2.05) is 6.92 Å². The van der Waals surface area contributed by atoms with Gasteiger partial charge in [-0.25, -0.2) is 8.42 Å². The molecule has 2 heterocycles. The van der Waals surface area contributed by atoms with E-state index in [9.17, 15) is 13.5 Å². The number of rotatable bonds is 13. The van der Waals surface area contributed by atoms with Gasteiger partial charge in [0, 0.05) is 6.61 Å². The SMILES string of the molecule is CCCCCCCCCCO[C@@H]1[C@H]2OC(C)(C)O[C@H]2O[C@@H]1C(O)S(=O)(=O)c1ccc(C)cc1. The molecular weight excluding hydrogens is 444 g/mol. The predicted octanol–water partition coefficient (Wildman–Crippen LogP) is 4.49. The Morgan fingerprint density at radius 3 is 2.24 bits per heavy atom. The molecule has 0 aromatic heterocycles. The third-order valence-corrected chi connectivity index (χ3v) is 8.12. The predicted molar refractivity (Wildman–Crippen MR) is 125 cm³/mol. The fourth-order valence-corrected chi connectivity index (χ4v) is 5.79. The molecule has 2 aliphatic rings. The normalized spacial score (nSPS) is 27.5. The van der Waals surface area contributed by atoms with E-state index >= 15 is 0 Å². The van der Waals surface area contributed by atoms with Gasteiger partial charge in [0.2, 0.25) is 9.84 Å². The summed E-state index contributed by atoms with van der Waals surface area (Å²) in [5, 5.41) is 10.9. The number of aliphatic hydroxyl groups is 1. The molecule has 0 bridgehead atoms. The Hall–Kier alpha value is -1.03. The van der Waals surface area contributed by atoms with Crippen LogP contribution in [0.1, 0.15) is 77.7 Å². The molecule has 8 heteroatoms. The fraction of sp³-hybridized carbons (Fsp3) is 0.760. The summed E-state index contributed by atoms with van der Waals surface area (Å²) in [6, 6.07) is 6.40. The maximum Gasteiger partial charge on any atom is 0.207 e. The molecule has 7 nitrogen and oxygen atoms in total. The first-order valence-electron chi connectivity index (χ1n) is 12.3. The maximum absolute atomic E-state index is 13.1. The Morgan fingerprint density at radius 2 is 1.61 bits per heavy atom. The molecule has 2 aliphatic heterocycles. The van der Waals surface area contributed by atoms with E-state index in [1.165, 1.54) is 44.2 Å². The molecule has 1 aromatic carbocycles. The van der Waals surface area contributed by atoms with Crippen LogP contribution in [0.5, 0.6) is 0 Å². The van der Waals surface area contributed by atoms with Gasteiger partial charge >= 0.3 is 0 Å². The molecule has 1 unspecified atom stereocenters. The zero-order valence-corrected chi connectivity index (χ0v) is 21.2. The summed E-state index contributed by atoms with van der Waals surface area (Å²) in [6.45, 7) is 8.09. The second-order valence-corrected chi connectivity index (χ2v) is 11.7. The molecule has 1 N–H and O–H groups in total. The lowest BCUT2D eigenvalue weighted by molar-refractivity contribution is -0.224. The van der Waals surface area contributed by atoms with Crippen LogP contribution in [0.15, 0.2) is 29.2 Å². The lowest BCUT2D eigenvalue weighted by Crippen LogP contribution is -2.45. The highest BCUT2D eigenvalue weighted by Gasteiger charge is 2.58. The molecule has 33 heavy (non-hydrogen) atoms. The number of fused-ring (bicyclic) bond motifs is 1. The van der Waals surface area contributed by atoms with Crippen molar-refractivity contribution in [2.75, 3.05) is 6.61 Å². The van der Waals surface area contributed by atoms with Crippen LogP contribution in [0.2, 0.25) is 0 Å². The van der Waals surface area contributed by atoms with Gasteiger partial charge in [0.15, 0.2) is 17.5 Å². The number of ether oxygens (including phenoxy) is 4. The number of hydrogen-bond donors (Lipinski definition) is 1. The highest BCUT2D eigenvalue weighted by Crippen LogP contribution is 2.41. The van der Waals surface area contributed by atoms with Crippen LogP contribution < -0.4 is 0 Å². The van der Waals surface area contributed by atoms with Crippen molar-refractivity contribution in [2.45, 2.75) is 120 Å². The number of aryl methyl sites for hydroxylation is 1. The van der Waals surface area contributed by atoms with Crippen LogP contribution in [0.3, 0.4) is 0 Å². The largest absolute Gasteiger partial charge is 0.375 e. The van der Waals surface area contributed by atoms with E-state index in [0.29, 0.717) is 6.61 Å². The van der Waals surface area contributed by atoms with Crippen molar-refractivity contribution in [2.24, 2.45) is 0 Å². The third kappa shape index (κ3) is 6.77. The highest BCUT2D eigenvalue weighted by atomic mass is 32.2. The van der Waals surface area contributed by atoms with Gasteiger partial charge in [0.25, 0.3) is 0 Å². The molecular formula is C25H40O7S.